The van der Waals surface area contributed by atoms with Crippen LogP contribution in [0.5, 0.6) is 5.75 Å². The van der Waals surface area contributed by atoms with Crippen molar-refractivity contribution in [3.8, 4) is 5.75 Å². The third-order valence-electron chi connectivity index (χ3n) is 5.04. The standard InChI is InChI=1S/C27H29N3O4S/c1-3-33-16-17-34-22-13-9-12-21(18-22)25(31)29-27(35)28-24-15-8-7-14-23(24)26(32)30(2)19-20-10-5-4-6-11-20/h4-15,18H,3,16-17,19H2,1-2H3,(H2,28,29,31,35). The van der Waals surface area contributed by atoms with Gasteiger partial charge in [0.2, 0.25) is 0 Å². The average Bonchev–Trinajstić information content (AvgIpc) is 2.87. The molecule has 0 atom stereocenters. The molecule has 3 rings (SSSR count). The van der Waals surface area contributed by atoms with Gasteiger partial charge in [-0.3, -0.25) is 14.9 Å². The van der Waals surface area contributed by atoms with Gasteiger partial charge in [0.25, 0.3) is 11.8 Å². The lowest BCUT2D eigenvalue weighted by Gasteiger charge is -2.20. The van der Waals surface area contributed by atoms with Gasteiger partial charge in [-0.25, -0.2) is 0 Å². The first-order valence-corrected chi connectivity index (χ1v) is 11.7. The number of carbonyl (C=O) groups is 2. The van der Waals surface area contributed by atoms with Crippen LogP contribution in [0, 0.1) is 0 Å². The third-order valence-corrected chi connectivity index (χ3v) is 5.24. The molecule has 3 aromatic carbocycles. The molecule has 8 heteroatoms. The summed E-state index contributed by atoms with van der Waals surface area (Å²) in [5, 5.41) is 5.72. The first-order valence-electron chi connectivity index (χ1n) is 11.3. The Labute approximate surface area is 211 Å². The highest BCUT2D eigenvalue weighted by Gasteiger charge is 2.17. The number of benzene rings is 3. The zero-order valence-electron chi connectivity index (χ0n) is 19.8. The molecule has 0 spiro atoms. The topological polar surface area (TPSA) is 79.9 Å². The Morgan fingerprint density at radius 1 is 0.943 bits per heavy atom. The molecule has 0 aromatic heterocycles. The minimum Gasteiger partial charge on any atom is -0.491 e. The van der Waals surface area contributed by atoms with Crippen LogP contribution < -0.4 is 15.4 Å². The Morgan fingerprint density at radius 3 is 2.46 bits per heavy atom. The molecule has 0 saturated heterocycles. The van der Waals surface area contributed by atoms with E-state index >= 15 is 0 Å². The molecular weight excluding hydrogens is 462 g/mol. The Balaban J connectivity index is 1.61. The van der Waals surface area contributed by atoms with Crippen molar-refractivity contribution in [2.75, 3.05) is 32.2 Å². The number of thiocarbonyl (C=S) groups is 1. The second-order valence-corrected chi connectivity index (χ2v) is 8.08. The maximum absolute atomic E-state index is 13.1. The molecule has 2 N–H and O–H groups in total. The summed E-state index contributed by atoms with van der Waals surface area (Å²) in [7, 11) is 1.75. The SMILES string of the molecule is CCOCCOc1cccc(C(=O)NC(=S)Nc2ccccc2C(=O)N(C)Cc2ccccc2)c1. The number of ether oxygens (including phenoxy) is 2. The lowest BCUT2D eigenvalue weighted by Crippen LogP contribution is -2.35. The molecule has 3 aromatic rings. The lowest BCUT2D eigenvalue weighted by atomic mass is 10.1. The third kappa shape index (κ3) is 7.91. The number of hydrogen-bond donors (Lipinski definition) is 2. The van der Waals surface area contributed by atoms with Crippen LogP contribution in [0.15, 0.2) is 78.9 Å². The predicted molar refractivity (Wildman–Crippen MR) is 141 cm³/mol. The van der Waals surface area contributed by atoms with E-state index in [1.165, 1.54) is 0 Å². The van der Waals surface area contributed by atoms with E-state index in [0.29, 0.717) is 48.9 Å². The van der Waals surface area contributed by atoms with Crippen molar-refractivity contribution in [1.29, 1.82) is 0 Å². The van der Waals surface area contributed by atoms with Crippen LogP contribution in [-0.2, 0) is 11.3 Å². The quantitative estimate of drug-likeness (QED) is 0.321. The van der Waals surface area contributed by atoms with E-state index in [0.717, 1.165) is 5.56 Å². The maximum atomic E-state index is 13.1. The van der Waals surface area contributed by atoms with Crippen LogP contribution in [0.1, 0.15) is 33.2 Å². The largest absolute Gasteiger partial charge is 0.491 e. The summed E-state index contributed by atoms with van der Waals surface area (Å²) >= 11 is 5.35. The van der Waals surface area contributed by atoms with Gasteiger partial charge >= 0.3 is 0 Å². The molecule has 7 nitrogen and oxygen atoms in total. The van der Waals surface area contributed by atoms with Gasteiger partial charge in [-0.1, -0.05) is 48.5 Å². The summed E-state index contributed by atoms with van der Waals surface area (Å²) in [6.07, 6.45) is 0. The Hall–Kier alpha value is -3.75. The second-order valence-electron chi connectivity index (χ2n) is 7.67. The van der Waals surface area contributed by atoms with Crippen molar-refractivity contribution in [3.63, 3.8) is 0 Å². The number of para-hydroxylation sites is 1. The average molecular weight is 492 g/mol. The van der Waals surface area contributed by atoms with E-state index < -0.39 is 0 Å². The molecule has 0 heterocycles. The van der Waals surface area contributed by atoms with Crippen LogP contribution in [-0.4, -0.2) is 48.7 Å². The first kappa shape index (κ1) is 25.9. The number of rotatable bonds is 10. The van der Waals surface area contributed by atoms with Crippen LogP contribution in [0.25, 0.3) is 0 Å². The number of nitrogens with one attached hydrogen (secondary N) is 2. The van der Waals surface area contributed by atoms with Gasteiger partial charge in [0.15, 0.2) is 5.11 Å². The maximum Gasteiger partial charge on any atom is 0.257 e. The van der Waals surface area contributed by atoms with E-state index in [2.05, 4.69) is 10.6 Å². The van der Waals surface area contributed by atoms with E-state index in [-0.39, 0.29) is 16.9 Å². The molecular formula is C27H29N3O4S. The van der Waals surface area contributed by atoms with E-state index in [4.69, 9.17) is 21.7 Å². The van der Waals surface area contributed by atoms with Gasteiger partial charge in [0, 0.05) is 25.8 Å². The monoisotopic (exact) mass is 491 g/mol. The summed E-state index contributed by atoms with van der Waals surface area (Å²) in [5.74, 6) is 0.0133. The molecule has 0 saturated carbocycles. The highest BCUT2D eigenvalue weighted by Crippen LogP contribution is 2.18. The summed E-state index contributed by atoms with van der Waals surface area (Å²) in [6, 6.07) is 23.6. The highest BCUT2D eigenvalue weighted by atomic mass is 32.1. The van der Waals surface area contributed by atoms with Gasteiger partial charge in [-0.15, -0.1) is 0 Å². The van der Waals surface area contributed by atoms with Gasteiger partial charge in [0.1, 0.15) is 12.4 Å². The fourth-order valence-corrected chi connectivity index (χ4v) is 3.53. The molecule has 35 heavy (non-hydrogen) atoms. The van der Waals surface area contributed by atoms with Crippen LogP contribution in [0.2, 0.25) is 0 Å². The first-order chi connectivity index (χ1) is 17.0. The Kier molecular flexibility index (Phi) is 9.77. The number of carbonyl (C=O) groups excluding carboxylic acids is 2. The van der Waals surface area contributed by atoms with Crippen LogP contribution in [0.3, 0.4) is 0 Å². The fourth-order valence-electron chi connectivity index (χ4n) is 3.33. The van der Waals surface area contributed by atoms with Gasteiger partial charge in [-0.2, -0.15) is 0 Å². The van der Waals surface area contributed by atoms with Crippen molar-refractivity contribution in [3.05, 3.63) is 95.6 Å². The fraction of sp³-hybridized carbons (Fsp3) is 0.222. The minimum atomic E-state index is -0.386. The summed E-state index contributed by atoms with van der Waals surface area (Å²) in [6.45, 7) is 3.87. The Bertz CT molecular complexity index is 1150. The zero-order chi connectivity index (χ0) is 25.0. The van der Waals surface area contributed by atoms with Crippen molar-refractivity contribution in [1.82, 2.24) is 10.2 Å². The molecule has 2 amide bonds. The van der Waals surface area contributed by atoms with Crippen molar-refractivity contribution in [2.45, 2.75) is 13.5 Å². The lowest BCUT2D eigenvalue weighted by molar-refractivity contribution is 0.0786. The molecule has 0 aliphatic carbocycles. The number of hydrogen-bond acceptors (Lipinski definition) is 5. The van der Waals surface area contributed by atoms with Crippen molar-refractivity contribution >= 4 is 34.8 Å². The smallest absolute Gasteiger partial charge is 0.257 e. The second kappa shape index (κ2) is 13.2. The van der Waals surface area contributed by atoms with Gasteiger partial charge in [-0.05, 0) is 55.0 Å². The number of nitrogens with zero attached hydrogens (tertiary/aromatic N) is 1. The predicted octanol–water partition coefficient (Wildman–Crippen LogP) is 4.50. The van der Waals surface area contributed by atoms with E-state index in [1.54, 1.807) is 60.5 Å². The highest BCUT2D eigenvalue weighted by molar-refractivity contribution is 7.80. The minimum absolute atomic E-state index is 0.0867. The van der Waals surface area contributed by atoms with E-state index in [1.807, 2.05) is 37.3 Å². The summed E-state index contributed by atoms with van der Waals surface area (Å²) in [4.78, 5) is 27.4. The van der Waals surface area contributed by atoms with Crippen molar-refractivity contribution < 1.29 is 19.1 Å². The molecule has 0 aliphatic heterocycles. The molecule has 0 bridgehead atoms. The molecule has 0 aliphatic rings. The summed E-state index contributed by atoms with van der Waals surface area (Å²) in [5.41, 5.74) is 2.39. The van der Waals surface area contributed by atoms with Gasteiger partial charge in [0.05, 0.1) is 17.9 Å². The van der Waals surface area contributed by atoms with Crippen LogP contribution in [0.4, 0.5) is 5.69 Å². The summed E-state index contributed by atoms with van der Waals surface area (Å²) < 4.78 is 10.9. The Morgan fingerprint density at radius 2 is 1.69 bits per heavy atom. The molecule has 0 radical (unpaired) electrons. The van der Waals surface area contributed by atoms with Crippen LogP contribution >= 0.6 is 12.2 Å². The number of anilines is 1. The molecule has 182 valence electrons. The molecule has 0 fully saturated rings. The zero-order valence-corrected chi connectivity index (χ0v) is 20.6. The molecule has 0 unspecified atom stereocenters. The van der Waals surface area contributed by atoms with Gasteiger partial charge < -0.3 is 19.7 Å². The van der Waals surface area contributed by atoms with Crippen molar-refractivity contribution in [2.24, 2.45) is 0 Å². The normalized spacial score (nSPS) is 10.3. The van der Waals surface area contributed by atoms with E-state index in [9.17, 15) is 9.59 Å². The number of amides is 2.